The Bertz CT molecular complexity index is 1040. The summed E-state index contributed by atoms with van der Waals surface area (Å²) in [5, 5.41) is 6.32. The first-order valence-electron chi connectivity index (χ1n) is 12.1. The van der Waals surface area contributed by atoms with Crippen molar-refractivity contribution in [2.45, 2.75) is 62.4 Å². The third-order valence-electron chi connectivity index (χ3n) is 8.18. The van der Waals surface area contributed by atoms with Crippen LogP contribution in [0, 0.1) is 0 Å². The van der Waals surface area contributed by atoms with Gasteiger partial charge in [0.15, 0.2) is 11.5 Å². The molecule has 0 unspecified atom stereocenters. The number of methoxy groups -OCH3 is 2. The van der Waals surface area contributed by atoms with Crippen molar-refractivity contribution in [2.75, 3.05) is 33.1 Å². The Morgan fingerprint density at radius 1 is 1.03 bits per heavy atom. The minimum atomic E-state index is -0.0998. The molecule has 33 heavy (non-hydrogen) atoms. The number of nitrogens with zero attached hydrogens (tertiary/aromatic N) is 1. The van der Waals surface area contributed by atoms with Crippen LogP contribution in [0.2, 0.25) is 0 Å². The summed E-state index contributed by atoms with van der Waals surface area (Å²) >= 11 is 0. The second-order valence-electron chi connectivity index (χ2n) is 9.88. The van der Waals surface area contributed by atoms with Crippen LogP contribution in [0.25, 0.3) is 0 Å². The molecule has 1 heterocycles. The van der Waals surface area contributed by atoms with Gasteiger partial charge in [0.1, 0.15) is 0 Å². The number of ether oxygens (including phenoxy) is 2. The Labute approximate surface area is 196 Å². The van der Waals surface area contributed by atoms with Crippen LogP contribution in [-0.4, -0.2) is 50.8 Å². The largest absolute Gasteiger partial charge is 0.493 e. The fraction of sp³-hybridized carbons (Fsp3) is 0.519. The molecule has 2 N–H and O–H groups in total. The van der Waals surface area contributed by atoms with Crippen molar-refractivity contribution in [3.05, 3.63) is 53.1 Å². The molecule has 2 aromatic carbocycles. The summed E-state index contributed by atoms with van der Waals surface area (Å²) in [5.41, 5.74) is 5.09. The van der Waals surface area contributed by atoms with E-state index >= 15 is 0 Å². The van der Waals surface area contributed by atoms with Crippen LogP contribution in [0.5, 0.6) is 11.5 Å². The Morgan fingerprint density at radius 3 is 2.67 bits per heavy atom. The highest BCUT2D eigenvalue weighted by molar-refractivity contribution is 5.89. The van der Waals surface area contributed by atoms with Crippen LogP contribution in [-0.2, 0) is 18.3 Å². The molecule has 0 radical (unpaired) electrons. The monoisotopic (exact) mass is 449 g/mol. The van der Waals surface area contributed by atoms with Crippen molar-refractivity contribution in [2.24, 2.45) is 0 Å². The average molecular weight is 450 g/mol. The number of hydrogen-bond donors (Lipinski definition) is 2. The van der Waals surface area contributed by atoms with Gasteiger partial charge < -0.3 is 25.0 Å². The number of nitrogens with one attached hydrogen (secondary N) is 2. The van der Waals surface area contributed by atoms with Crippen LogP contribution in [0.15, 0.2) is 36.4 Å². The number of rotatable bonds is 5. The summed E-state index contributed by atoms with van der Waals surface area (Å²) in [6.45, 7) is 1.06. The number of carbonyl (C=O) groups excluding carboxylic acids is 1. The summed E-state index contributed by atoms with van der Waals surface area (Å²) in [6.07, 6.45) is 7.56. The van der Waals surface area contributed by atoms with Gasteiger partial charge in [0.25, 0.3) is 0 Å². The van der Waals surface area contributed by atoms with E-state index in [2.05, 4.69) is 46.8 Å². The van der Waals surface area contributed by atoms with Crippen molar-refractivity contribution in [3.8, 4) is 11.5 Å². The van der Waals surface area contributed by atoms with Crippen molar-refractivity contribution in [1.29, 1.82) is 0 Å². The number of hydrogen-bond acceptors (Lipinski definition) is 4. The topological polar surface area (TPSA) is 62.8 Å². The molecule has 2 fully saturated rings. The number of benzene rings is 2. The Balaban J connectivity index is 1.28. The van der Waals surface area contributed by atoms with Crippen LogP contribution in [0.1, 0.15) is 48.8 Å². The van der Waals surface area contributed by atoms with E-state index in [0.717, 1.165) is 62.3 Å². The Kier molecular flexibility index (Phi) is 5.95. The molecule has 3 atom stereocenters. The SMILES string of the molecule is COc1ccc([C@@]23CC[C@@H](NC(=O)Nc4ccc5c(c4)CCC5)C[C@@H]2N(C)CC3)cc1OC. The molecule has 1 aliphatic heterocycles. The maximum absolute atomic E-state index is 12.8. The van der Waals surface area contributed by atoms with Gasteiger partial charge in [-0.25, -0.2) is 4.79 Å². The molecular weight excluding hydrogens is 414 g/mol. The second-order valence-corrected chi connectivity index (χ2v) is 9.88. The maximum Gasteiger partial charge on any atom is 0.319 e. The molecule has 3 aliphatic rings. The van der Waals surface area contributed by atoms with Gasteiger partial charge in [-0.3, -0.25) is 0 Å². The van der Waals surface area contributed by atoms with Gasteiger partial charge in [-0.2, -0.15) is 0 Å². The number of anilines is 1. The molecule has 2 aromatic rings. The van der Waals surface area contributed by atoms with Gasteiger partial charge in [0.05, 0.1) is 14.2 Å². The van der Waals surface area contributed by atoms with Gasteiger partial charge in [0, 0.05) is 23.2 Å². The van der Waals surface area contributed by atoms with Crippen LogP contribution < -0.4 is 20.1 Å². The Hall–Kier alpha value is -2.73. The average Bonchev–Trinajstić information content (AvgIpc) is 3.43. The highest BCUT2D eigenvalue weighted by Crippen LogP contribution is 2.49. The third-order valence-corrected chi connectivity index (χ3v) is 8.18. The first-order chi connectivity index (χ1) is 16.0. The van der Waals surface area contributed by atoms with E-state index in [-0.39, 0.29) is 17.5 Å². The van der Waals surface area contributed by atoms with Crippen molar-refractivity contribution >= 4 is 11.7 Å². The van der Waals surface area contributed by atoms with Gasteiger partial charge in [-0.05, 0) is 99.5 Å². The summed E-state index contributed by atoms with van der Waals surface area (Å²) in [7, 11) is 5.57. The summed E-state index contributed by atoms with van der Waals surface area (Å²) < 4.78 is 11.0. The zero-order chi connectivity index (χ0) is 23.0. The molecule has 6 nitrogen and oxygen atoms in total. The van der Waals surface area contributed by atoms with E-state index in [9.17, 15) is 4.79 Å². The molecule has 6 heteroatoms. The minimum Gasteiger partial charge on any atom is -0.493 e. The summed E-state index contributed by atoms with van der Waals surface area (Å²) in [6, 6.07) is 13.1. The lowest BCUT2D eigenvalue weighted by molar-refractivity contribution is 0.156. The molecule has 0 aromatic heterocycles. The number of carbonyl (C=O) groups is 1. The van der Waals surface area contributed by atoms with Crippen LogP contribution in [0.4, 0.5) is 10.5 Å². The van der Waals surface area contributed by atoms with E-state index in [1.165, 1.54) is 23.1 Å². The summed E-state index contributed by atoms with van der Waals surface area (Å²) in [4.78, 5) is 15.3. The van der Waals surface area contributed by atoms with Crippen LogP contribution in [0.3, 0.4) is 0 Å². The van der Waals surface area contributed by atoms with E-state index in [1.807, 2.05) is 12.1 Å². The highest BCUT2D eigenvalue weighted by atomic mass is 16.5. The molecule has 0 bridgehead atoms. The normalized spacial score (nSPS) is 26.4. The number of likely N-dealkylation sites (N-methyl/N-ethyl adjacent to an activating group) is 1. The molecule has 1 saturated heterocycles. The van der Waals surface area contributed by atoms with E-state index in [1.54, 1.807) is 14.2 Å². The molecule has 176 valence electrons. The Morgan fingerprint density at radius 2 is 1.85 bits per heavy atom. The first kappa shape index (κ1) is 22.1. The highest BCUT2D eigenvalue weighted by Gasteiger charge is 2.50. The number of aryl methyl sites for hydroxylation is 2. The van der Waals surface area contributed by atoms with E-state index in [4.69, 9.17) is 9.47 Å². The fourth-order valence-electron chi connectivity index (χ4n) is 6.40. The van der Waals surface area contributed by atoms with Gasteiger partial charge in [0.2, 0.25) is 0 Å². The lowest BCUT2D eigenvalue weighted by Crippen LogP contribution is -2.52. The number of likely N-dealkylation sites (tertiary alicyclic amines) is 1. The minimum absolute atomic E-state index is 0.0863. The van der Waals surface area contributed by atoms with Crippen molar-refractivity contribution in [3.63, 3.8) is 0 Å². The predicted molar refractivity (Wildman–Crippen MR) is 131 cm³/mol. The smallest absolute Gasteiger partial charge is 0.319 e. The zero-order valence-corrected chi connectivity index (χ0v) is 19.9. The summed E-state index contributed by atoms with van der Waals surface area (Å²) in [5.74, 6) is 1.55. The number of amides is 2. The standard InChI is InChI=1S/C27H35N3O3/c1-30-14-13-27(20-8-10-23(32-2)24(16-20)33-3)12-11-22(17-25(27)30)29-26(31)28-21-9-7-18-5-4-6-19(18)15-21/h7-10,15-16,22,25H,4-6,11-14,17H2,1-3H3,(H2,28,29,31)/t22-,25+,27+/m1/s1. The first-order valence-corrected chi connectivity index (χ1v) is 12.1. The third kappa shape index (κ3) is 4.05. The fourth-order valence-corrected chi connectivity index (χ4v) is 6.40. The molecule has 2 amide bonds. The van der Waals surface area contributed by atoms with Gasteiger partial charge in [-0.15, -0.1) is 0 Å². The van der Waals surface area contributed by atoms with Gasteiger partial charge in [-0.1, -0.05) is 12.1 Å². The lowest BCUT2D eigenvalue weighted by Gasteiger charge is -2.45. The van der Waals surface area contributed by atoms with Crippen LogP contribution >= 0.6 is 0 Å². The van der Waals surface area contributed by atoms with Gasteiger partial charge >= 0.3 is 6.03 Å². The lowest BCUT2D eigenvalue weighted by atomic mass is 9.65. The number of fused-ring (bicyclic) bond motifs is 2. The molecule has 0 spiro atoms. The molecule has 1 saturated carbocycles. The zero-order valence-electron chi connectivity index (χ0n) is 19.9. The van der Waals surface area contributed by atoms with Crippen molar-refractivity contribution < 1.29 is 14.3 Å². The quantitative estimate of drug-likeness (QED) is 0.705. The maximum atomic E-state index is 12.8. The van der Waals surface area contributed by atoms with Crippen molar-refractivity contribution in [1.82, 2.24) is 10.2 Å². The number of urea groups is 1. The predicted octanol–water partition coefficient (Wildman–Crippen LogP) is 4.51. The second kappa shape index (κ2) is 8.90. The molecule has 2 aliphatic carbocycles. The molecular formula is C27H35N3O3. The molecule has 5 rings (SSSR count). The van der Waals surface area contributed by atoms with E-state index < -0.39 is 0 Å². The van der Waals surface area contributed by atoms with E-state index in [0.29, 0.717) is 6.04 Å².